The molecule has 0 atom stereocenters. The highest BCUT2D eigenvalue weighted by Gasteiger charge is 2.08. The van der Waals surface area contributed by atoms with E-state index in [0.717, 1.165) is 27.5 Å². The Balaban J connectivity index is 1.36. The maximum Gasteiger partial charge on any atom is 0.244 e. The molecule has 4 aromatic rings. The number of methoxy groups -OCH3 is 1. The van der Waals surface area contributed by atoms with E-state index in [2.05, 4.69) is 10.5 Å². The molecular weight excluding hydrogens is 419 g/mol. The maximum absolute atomic E-state index is 13.0. The van der Waals surface area contributed by atoms with Gasteiger partial charge in [-0.15, -0.1) is 0 Å². The van der Waals surface area contributed by atoms with Crippen molar-refractivity contribution in [1.82, 2.24) is 5.43 Å². The number of hydrazone groups is 1. The molecular formula is C27H23FN2O3. The molecule has 4 rings (SSSR count). The quantitative estimate of drug-likeness (QED) is 0.299. The van der Waals surface area contributed by atoms with E-state index in [1.54, 1.807) is 37.6 Å². The minimum Gasteiger partial charge on any atom is -0.493 e. The second-order valence-corrected chi connectivity index (χ2v) is 7.43. The van der Waals surface area contributed by atoms with Gasteiger partial charge in [-0.2, -0.15) is 5.10 Å². The lowest BCUT2D eigenvalue weighted by atomic mass is 10.0. The fourth-order valence-electron chi connectivity index (χ4n) is 3.46. The average molecular weight is 442 g/mol. The Labute approximate surface area is 191 Å². The monoisotopic (exact) mass is 442 g/mol. The third kappa shape index (κ3) is 5.74. The van der Waals surface area contributed by atoms with Crippen LogP contribution in [0.1, 0.15) is 16.7 Å². The molecule has 166 valence electrons. The first-order chi connectivity index (χ1) is 16.1. The van der Waals surface area contributed by atoms with E-state index in [1.807, 2.05) is 48.5 Å². The van der Waals surface area contributed by atoms with E-state index in [1.165, 1.54) is 12.1 Å². The molecule has 0 aliphatic heterocycles. The lowest BCUT2D eigenvalue weighted by Crippen LogP contribution is -2.19. The third-order valence-corrected chi connectivity index (χ3v) is 5.13. The number of amides is 1. The van der Waals surface area contributed by atoms with Crippen molar-refractivity contribution in [3.63, 3.8) is 0 Å². The highest BCUT2D eigenvalue weighted by atomic mass is 19.1. The van der Waals surface area contributed by atoms with Gasteiger partial charge in [0.15, 0.2) is 11.5 Å². The number of carbonyl (C=O) groups is 1. The standard InChI is InChI=1S/C27H23FN2O3/c1-32-26-15-20(11-14-25(26)33-18-19-9-12-23(28)13-10-19)17-29-30-27(31)16-22-7-4-6-21-5-2-3-8-24(21)22/h2-15,17H,16,18H2,1H3,(H,30,31)/b29-17+. The average Bonchev–Trinajstić information content (AvgIpc) is 2.84. The lowest BCUT2D eigenvalue weighted by Gasteiger charge is -2.11. The summed E-state index contributed by atoms with van der Waals surface area (Å²) in [4.78, 5) is 12.4. The van der Waals surface area contributed by atoms with Crippen LogP contribution >= 0.6 is 0 Å². The third-order valence-electron chi connectivity index (χ3n) is 5.13. The molecule has 0 fully saturated rings. The van der Waals surface area contributed by atoms with Crippen molar-refractivity contribution in [1.29, 1.82) is 0 Å². The number of nitrogens with zero attached hydrogens (tertiary/aromatic N) is 1. The molecule has 0 bridgehead atoms. The predicted molar refractivity (Wildman–Crippen MR) is 127 cm³/mol. The number of ether oxygens (including phenoxy) is 2. The van der Waals surface area contributed by atoms with Crippen molar-refractivity contribution in [2.24, 2.45) is 5.10 Å². The van der Waals surface area contributed by atoms with Gasteiger partial charge in [0.05, 0.1) is 19.7 Å². The van der Waals surface area contributed by atoms with Gasteiger partial charge in [0, 0.05) is 0 Å². The summed E-state index contributed by atoms with van der Waals surface area (Å²) in [5, 5.41) is 6.22. The van der Waals surface area contributed by atoms with Gasteiger partial charge < -0.3 is 9.47 Å². The number of benzene rings is 4. The molecule has 0 aliphatic carbocycles. The molecule has 1 N–H and O–H groups in total. The van der Waals surface area contributed by atoms with Gasteiger partial charge in [-0.1, -0.05) is 54.6 Å². The second kappa shape index (κ2) is 10.4. The van der Waals surface area contributed by atoms with Gasteiger partial charge >= 0.3 is 0 Å². The summed E-state index contributed by atoms with van der Waals surface area (Å²) in [7, 11) is 1.55. The van der Waals surface area contributed by atoms with Crippen molar-refractivity contribution in [2.45, 2.75) is 13.0 Å². The predicted octanol–water partition coefficient (Wildman–Crippen LogP) is 5.26. The van der Waals surface area contributed by atoms with Crippen molar-refractivity contribution in [2.75, 3.05) is 7.11 Å². The first-order valence-electron chi connectivity index (χ1n) is 10.5. The van der Waals surface area contributed by atoms with Gasteiger partial charge in [0.2, 0.25) is 5.91 Å². The van der Waals surface area contributed by atoms with Crippen LogP contribution in [-0.2, 0) is 17.8 Å². The van der Waals surface area contributed by atoms with Crippen molar-refractivity contribution >= 4 is 22.9 Å². The number of hydrogen-bond donors (Lipinski definition) is 1. The van der Waals surface area contributed by atoms with Gasteiger partial charge in [0.25, 0.3) is 0 Å². The fourth-order valence-corrected chi connectivity index (χ4v) is 3.46. The molecule has 0 radical (unpaired) electrons. The van der Waals surface area contributed by atoms with Crippen molar-refractivity contribution in [3.8, 4) is 11.5 Å². The Morgan fingerprint density at radius 2 is 1.76 bits per heavy atom. The maximum atomic E-state index is 13.0. The summed E-state index contributed by atoms with van der Waals surface area (Å²) >= 11 is 0. The number of carbonyl (C=O) groups excluding carboxylic acids is 1. The van der Waals surface area contributed by atoms with E-state index in [9.17, 15) is 9.18 Å². The first kappa shape index (κ1) is 22.0. The van der Waals surface area contributed by atoms with Crippen LogP contribution in [0.5, 0.6) is 11.5 Å². The summed E-state index contributed by atoms with van der Waals surface area (Å²) in [6.07, 6.45) is 1.78. The van der Waals surface area contributed by atoms with E-state index < -0.39 is 0 Å². The molecule has 0 unspecified atom stereocenters. The van der Waals surface area contributed by atoms with Crippen LogP contribution in [0.4, 0.5) is 4.39 Å². The number of fused-ring (bicyclic) bond motifs is 1. The Morgan fingerprint density at radius 3 is 2.58 bits per heavy atom. The van der Waals surface area contributed by atoms with Crippen LogP contribution < -0.4 is 14.9 Å². The minimum absolute atomic E-state index is 0.200. The highest BCUT2D eigenvalue weighted by molar-refractivity contribution is 5.90. The Morgan fingerprint density at radius 1 is 0.970 bits per heavy atom. The van der Waals surface area contributed by atoms with Crippen LogP contribution in [0.15, 0.2) is 90.0 Å². The molecule has 0 saturated heterocycles. The van der Waals surface area contributed by atoms with Gasteiger partial charge in [0.1, 0.15) is 12.4 Å². The van der Waals surface area contributed by atoms with E-state index in [0.29, 0.717) is 11.5 Å². The van der Waals surface area contributed by atoms with Crippen molar-refractivity contribution < 1.29 is 18.7 Å². The zero-order chi connectivity index (χ0) is 23.0. The molecule has 6 heteroatoms. The SMILES string of the molecule is COc1cc(/C=N/NC(=O)Cc2cccc3ccccc23)ccc1OCc1ccc(F)cc1. The molecule has 33 heavy (non-hydrogen) atoms. The van der Waals surface area contributed by atoms with E-state index >= 15 is 0 Å². The zero-order valence-corrected chi connectivity index (χ0v) is 18.1. The molecule has 4 aromatic carbocycles. The summed E-state index contributed by atoms with van der Waals surface area (Å²) in [5.74, 6) is 0.597. The van der Waals surface area contributed by atoms with Crippen LogP contribution in [0, 0.1) is 5.82 Å². The van der Waals surface area contributed by atoms with E-state index in [-0.39, 0.29) is 24.8 Å². The molecule has 0 spiro atoms. The van der Waals surface area contributed by atoms with E-state index in [4.69, 9.17) is 9.47 Å². The molecule has 0 aromatic heterocycles. The highest BCUT2D eigenvalue weighted by Crippen LogP contribution is 2.28. The second-order valence-electron chi connectivity index (χ2n) is 7.43. The molecule has 0 heterocycles. The smallest absolute Gasteiger partial charge is 0.244 e. The topological polar surface area (TPSA) is 59.9 Å². The van der Waals surface area contributed by atoms with Crippen molar-refractivity contribution in [3.05, 3.63) is 107 Å². The lowest BCUT2D eigenvalue weighted by molar-refractivity contribution is -0.120. The Hall–Kier alpha value is -4.19. The fraction of sp³-hybridized carbons (Fsp3) is 0.111. The summed E-state index contributed by atoms with van der Waals surface area (Å²) < 4.78 is 24.2. The normalized spacial score (nSPS) is 11.0. The first-order valence-corrected chi connectivity index (χ1v) is 10.5. The van der Waals surface area contributed by atoms with Crippen LogP contribution in [-0.4, -0.2) is 19.2 Å². The van der Waals surface area contributed by atoms with Crippen LogP contribution in [0.25, 0.3) is 10.8 Å². The van der Waals surface area contributed by atoms with Gasteiger partial charge in [-0.25, -0.2) is 9.82 Å². The molecule has 0 aliphatic rings. The number of hydrogen-bond acceptors (Lipinski definition) is 4. The summed E-state index contributed by atoms with van der Waals surface area (Å²) in [5.41, 5.74) is 5.11. The number of halogens is 1. The van der Waals surface area contributed by atoms with Gasteiger partial charge in [-0.3, -0.25) is 4.79 Å². The molecule has 1 amide bonds. The van der Waals surface area contributed by atoms with Gasteiger partial charge in [-0.05, 0) is 57.8 Å². The summed E-state index contributed by atoms with van der Waals surface area (Å²) in [6, 6.07) is 25.3. The largest absolute Gasteiger partial charge is 0.493 e. The Kier molecular flexibility index (Phi) is 6.95. The summed E-state index contributed by atoms with van der Waals surface area (Å²) in [6.45, 7) is 0.286. The molecule has 5 nitrogen and oxygen atoms in total. The minimum atomic E-state index is -0.288. The Bertz CT molecular complexity index is 1280. The van der Waals surface area contributed by atoms with Crippen LogP contribution in [0.2, 0.25) is 0 Å². The molecule has 0 saturated carbocycles. The number of nitrogens with one attached hydrogen (secondary N) is 1. The van der Waals surface area contributed by atoms with Crippen LogP contribution in [0.3, 0.4) is 0 Å². The number of rotatable bonds is 8. The zero-order valence-electron chi connectivity index (χ0n) is 18.1.